The summed E-state index contributed by atoms with van der Waals surface area (Å²) < 4.78 is 30.7. The molecule has 3 aromatic rings. The number of imidazole rings is 1. The first-order chi connectivity index (χ1) is 11.2. The van der Waals surface area contributed by atoms with Gasteiger partial charge in [0.2, 0.25) is 0 Å². The van der Waals surface area contributed by atoms with Gasteiger partial charge in [-0.05, 0) is 55.3 Å². The topological polar surface area (TPSA) is 73.1 Å². The van der Waals surface area contributed by atoms with Crippen LogP contribution in [-0.2, 0) is 24.1 Å². The highest BCUT2D eigenvalue weighted by Crippen LogP contribution is 2.22. The predicted octanol–water partition coefficient (Wildman–Crippen LogP) is 2.29. The van der Waals surface area contributed by atoms with Crippen LogP contribution in [0.4, 0.5) is 5.69 Å². The molecule has 3 rings (SSSR count). The van der Waals surface area contributed by atoms with Gasteiger partial charge in [-0.2, -0.15) is 0 Å². The number of fused-ring (bicyclic) bond motifs is 1. The molecule has 0 atom stereocenters. The normalized spacial score (nSPS) is 11.8. The third kappa shape index (κ3) is 2.60. The first-order valence-electron chi connectivity index (χ1n) is 7.46. The van der Waals surface area contributed by atoms with E-state index in [0.29, 0.717) is 11.2 Å². The molecule has 1 heterocycles. The van der Waals surface area contributed by atoms with Crippen LogP contribution in [-0.4, -0.2) is 17.6 Å². The summed E-state index contributed by atoms with van der Waals surface area (Å²) in [6, 6.07) is 10.1. The highest BCUT2D eigenvalue weighted by molar-refractivity contribution is 7.92. The zero-order chi connectivity index (χ0) is 17.6. The minimum Gasteiger partial charge on any atom is -0.295 e. The molecular weight excluding hydrogens is 326 g/mol. The summed E-state index contributed by atoms with van der Waals surface area (Å²) >= 11 is 0. The van der Waals surface area contributed by atoms with E-state index in [2.05, 4.69) is 4.72 Å². The van der Waals surface area contributed by atoms with Crippen molar-refractivity contribution >= 4 is 26.7 Å². The van der Waals surface area contributed by atoms with Crippen molar-refractivity contribution < 1.29 is 8.42 Å². The molecule has 0 radical (unpaired) electrons. The number of nitrogens with zero attached hydrogens (tertiary/aromatic N) is 2. The fraction of sp³-hybridized carbons (Fsp3) is 0.235. The van der Waals surface area contributed by atoms with Crippen LogP contribution in [0, 0.1) is 13.8 Å². The zero-order valence-corrected chi connectivity index (χ0v) is 14.8. The summed E-state index contributed by atoms with van der Waals surface area (Å²) in [5, 5.41) is 0. The van der Waals surface area contributed by atoms with E-state index in [4.69, 9.17) is 0 Å². The van der Waals surface area contributed by atoms with Gasteiger partial charge >= 0.3 is 5.69 Å². The van der Waals surface area contributed by atoms with Crippen LogP contribution in [0.25, 0.3) is 11.0 Å². The molecular formula is C17H19N3O3S. The lowest BCUT2D eigenvalue weighted by Gasteiger charge is -2.10. The number of hydrogen-bond donors (Lipinski definition) is 1. The van der Waals surface area contributed by atoms with E-state index in [0.717, 1.165) is 16.6 Å². The second-order valence-corrected chi connectivity index (χ2v) is 7.64. The van der Waals surface area contributed by atoms with Gasteiger partial charge in [0.25, 0.3) is 10.0 Å². The van der Waals surface area contributed by atoms with Crippen LogP contribution >= 0.6 is 0 Å². The fourth-order valence-electron chi connectivity index (χ4n) is 2.67. The Bertz CT molecular complexity index is 1110. The number of benzene rings is 2. The molecule has 7 heteroatoms. The Kier molecular flexibility index (Phi) is 3.76. The van der Waals surface area contributed by atoms with E-state index in [1.807, 2.05) is 13.8 Å². The maximum atomic E-state index is 12.6. The molecule has 126 valence electrons. The summed E-state index contributed by atoms with van der Waals surface area (Å²) in [5.74, 6) is 0. The van der Waals surface area contributed by atoms with E-state index >= 15 is 0 Å². The smallest absolute Gasteiger partial charge is 0.295 e. The summed E-state index contributed by atoms with van der Waals surface area (Å²) in [6.07, 6.45) is 0. The molecule has 0 unspecified atom stereocenters. The Morgan fingerprint density at radius 3 is 2.21 bits per heavy atom. The van der Waals surface area contributed by atoms with Gasteiger partial charge in [-0.15, -0.1) is 0 Å². The molecule has 0 spiro atoms. The van der Waals surface area contributed by atoms with E-state index in [1.165, 1.54) is 9.13 Å². The highest BCUT2D eigenvalue weighted by atomic mass is 32.2. The summed E-state index contributed by atoms with van der Waals surface area (Å²) in [4.78, 5) is 12.2. The van der Waals surface area contributed by atoms with Gasteiger partial charge in [-0.25, -0.2) is 13.2 Å². The van der Waals surface area contributed by atoms with Crippen LogP contribution in [0.1, 0.15) is 11.1 Å². The first kappa shape index (κ1) is 16.3. The van der Waals surface area contributed by atoms with E-state index < -0.39 is 10.0 Å². The average Bonchev–Trinajstić information content (AvgIpc) is 2.74. The molecule has 24 heavy (non-hydrogen) atoms. The molecule has 0 aliphatic carbocycles. The van der Waals surface area contributed by atoms with Crippen molar-refractivity contribution in [3.63, 3.8) is 0 Å². The summed E-state index contributed by atoms with van der Waals surface area (Å²) in [5.41, 5.74) is 3.63. The van der Waals surface area contributed by atoms with E-state index in [-0.39, 0.29) is 10.6 Å². The maximum absolute atomic E-state index is 12.6. The van der Waals surface area contributed by atoms with Crippen molar-refractivity contribution in [3.05, 3.63) is 58.0 Å². The number of sulfonamides is 1. The predicted molar refractivity (Wildman–Crippen MR) is 94.9 cm³/mol. The highest BCUT2D eigenvalue weighted by Gasteiger charge is 2.16. The summed E-state index contributed by atoms with van der Waals surface area (Å²) in [6.45, 7) is 3.81. The van der Waals surface area contributed by atoms with Crippen molar-refractivity contribution in [3.8, 4) is 0 Å². The van der Waals surface area contributed by atoms with Crippen molar-refractivity contribution in [2.24, 2.45) is 14.1 Å². The molecule has 2 aromatic carbocycles. The second kappa shape index (κ2) is 5.52. The van der Waals surface area contributed by atoms with Crippen LogP contribution in [0.15, 0.2) is 46.1 Å². The van der Waals surface area contributed by atoms with Crippen LogP contribution in [0.3, 0.4) is 0 Å². The van der Waals surface area contributed by atoms with Crippen LogP contribution < -0.4 is 10.4 Å². The number of aryl methyl sites for hydroxylation is 4. The molecule has 0 aliphatic rings. The minimum absolute atomic E-state index is 0.154. The average molecular weight is 345 g/mol. The SMILES string of the molecule is Cc1ccc(S(=O)(=O)Nc2ccc3c(c2)n(C)c(=O)n3C)cc1C. The van der Waals surface area contributed by atoms with Gasteiger partial charge in [-0.1, -0.05) is 6.07 Å². The minimum atomic E-state index is -3.68. The molecule has 0 amide bonds. The first-order valence-corrected chi connectivity index (χ1v) is 8.94. The Balaban J connectivity index is 2.04. The fourth-order valence-corrected chi connectivity index (χ4v) is 3.80. The number of rotatable bonds is 3. The van der Waals surface area contributed by atoms with Gasteiger partial charge < -0.3 is 0 Å². The molecule has 1 N–H and O–H groups in total. The lowest BCUT2D eigenvalue weighted by molar-refractivity contribution is 0.601. The van der Waals surface area contributed by atoms with Gasteiger partial charge in [0.05, 0.1) is 21.6 Å². The second-order valence-electron chi connectivity index (χ2n) is 5.96. The number of aromatic nitrogens is 2. The maximum Gasteiger partial charge on any atom is 0.328 e. The van der Waals surface area contributed by atoms with Gasteiger partial charge in [0, 0.05) is 14.1 Å². The van der Waals surface area contributed by atoms with Crippen molar-refractivity contribution in [2.45, 2.75) is 18.7 Å². The molecule has 0 aliphatic heterocycles. The third-order valence-electron chi connectivity index (χ3n) is 4.31. The number of nitrogens with one attached hydrogen (secondary N) is 1. The standard InChI is InChI=1S/C17H19N3O3S/c1-11-5-7-14(9-12(11)2)24(22,23)18-13-6-8-15-16(10-13)20(4)17(21)19(15)3/h5-10,18H,1-4H3. The monoisotopic (exact) mass is 345 g/mol. The number of anilines is 1. The van der Waals surface area contributed by atoms with E-state index in [9.17, 15) is 13.2 Å². The Morgan fingerprint density at radius 2 is 1.54 bits per heavy atom. The quantitative estimate of drug-likeness (QED) is 0.791. The molecule has 0 bridgehead atoms. The summed E-state index contributed by atoms with van der Waals surface area (Å²) in [7, 11) is -0.338. The van der Waals surface area contributed by atoms with Gasteiger partial charge in [-0.3, -0.25) is 13.9 Å². The third-order valence-corrected chi connectivity index (χ3v) is 5.69. The number of hydrogen-bond acceptors (Lipinski definition) is 3. The molecule has 0 saturated heterocycles. The largest absolute Gasteiger partial charge is 0.328 e. The molecule has 1 aromatic heterocycles. The van der Waals surface area contributed by atoms with Crippen molar-refractivity contribution in [1.29, 1.82) is 0 Å². The zero-order valence-electron chi connectivity index (χ0n) is 14.0. The van der Waals surface area contributed by atoms with Crippen LogP contribution in [0.5, 0.6) is 0 Å². The lowest BCUT2D eigenvalue weighted by atomic mass is 10.1. The van der Waals surface area contributed by atoms with E-state index in [1.54, 1.807) is 50.5 Å². The molecule has 0 saturated carbocycles. The van der Waals surface area contributed by atoms with Crippen molar-refractivity contribution in [1.82, 2.24) is 9.13 Å². The lowest BCUT2D eigenvalue weighted by Crippen LogP contribution is -2.19. The van der Waals surface area contributed by atoms with Crippen LogP contribution in [0.2, 0.25) is 0 Å². The molecule has 0 fully saturated rings. The Morgan fingerprint density at radius 1 is 0.875 bits per heavy atom. The Labute approximate surface area is 140 Å². The van der Waals surface area contributed by atoms with Gasteiger partial charge in [0.15, 0.2) is 0 Å². The molecule has 6 nitrogen and oxygen atoms in total. The Hall–Kier alpha value is -2.54. The van der Waals surface area contributed by atoms with Gasteiger partial charge in [0.1, 0.15) is 0 Å². The van der Waals surface area contributed by atoms with Crippen molar-refractivity contribution in [2.75, 3.05) is 4.72 Å².